The highest BCUT2D eigenvalue weighted by atomic mass is 19.3. The third kappa shape index (κ3) is 5.75. The summed E-state index contributed by atoms with van der Waals surface area (Å²) in [6.45, 7) is 0.104. The Balaban J connectivity index is 1.63. The van der Waals surface area contributed by atoms with E-state index in [0.717, 1.165) is 18.9 Å². The quantitative estimate of drug-likeness (QED) is 0.272. The van der Waals surface area contributed by atoms with Crippen molar-refractivity contribution in [1.29, 1.82) is 5.26 Å². The van der Waals surface area contributed by atoms with E-state index >= 15 is 4.39 Å². The van der Waals surface area contributed by atoms with Crippen molar-refractivity contribution < 1.29 is 27.4 Å². The number of aryl methyl sites for hydroxylation is 1. The number of carbonyl (C=O) groups is 1. The lowest BCUT2D eigenvalue weighted by atomic mass is 10.1. The lowest BCUT2D eigenvalue weighted by molar-refractivity contribution is -0.119. The Morgan fingerprint density at radius 3 is 2.63 bits per heavy atom. The van der Waals surface area contributed by atoms with E-state index in [4.69, 9.17) is 9.47 Å². The molecule has 0 bridgehead atoms. The van der Waals surface area contributed by atoms with E-state index in [-0.39, 0.29) is 46.8 Å². The fourth-order valence-corrected chi connectivity index (χ4v) is 4.65. The van der Waals surface area contributed by atoms with Gasteiger partial charge < -0.3 is 19.4 Å². The number of fused-ring (bicyclic) bond motifs is 1. The SMILES string of the molecule is COc1ccc(CN(C(=O)C2CC2)c2nc(Nc3c(F)cc(C#N)cc3CC(F)F)cc3c2ncn3C)c(OC)c1. The molecule has 2 aromatic heterocycles. The van der Waals surface area contributed by atoms with Crippen molar-refractivity contribution in [2.24, 2.45) is 13.0 Å². The third-order valence-electron chi connectivity index (χ3n) is 6.89. The summed E-state index contributed by atoms with van der Waals surface area (Å²) in [5, 5.41) is 12.1. The molecule has 9 nitrogen and oxygen atoms in total. The predicted molar refractivity (Wildman–Crippen MR) is 146 cm³/mol. The van der Waals surface area contributed by atoms with Crippen LogP contribution >= 0.6 is 0 Å². The molecule has 1 saturated carbocycles. The summed E-state index contributed by atoms with van der Waals surface area (Å²) in [7, 11) is 4.82. The molecule has 0 unspecified atom stereocenters. The predicted octanol–water partition coefficient (Wildman–Crippen LogP) is 5.49. The van der Waals surface area contributed by atoms with Crippen LogP contribution in [-0.4, -0.2) is 41.1 Å². The van der Waals surface area contributed by atoms with Gasteiger partial charge in [-0.3, -0.25) is 9.69 Å². The van der Waals surface area contributed by atoms with Crippen LogP contribution in [0.4, 0.5) is 30.5 Å². The Morgan fingerprint density at radius 2 is 1.98 bits per heavy atom. The molecule has 2 heterocycles. The molecular weight excluding hydrogens is 537 g/mol. The number of ether oxygens (including phenoxy) is 2. The number of rotatable bonds is 10. The first kappa shape index (κ1) is 27.8. The summed E-state index contributed by atoms with van der Waals surface area (Å²) >= 11 is 0. The molecule has 1 amide bonds. The van der Waals surface area contributed by atoms with Gasteiger partial charge in [-0.05, 0) is 42.7 Å². The van der Waals surface area contributed by atoms with Gasteiger partial charge in [-0.2, -0.15) is 5.26 Å². The number of imidazole rings is 1. The number of hydrogen-bond donors (Lipinski definition) is 1. The van der Waals surface area contributed by atoms with Crippen LogP contribution in [0.3, 0.4) is 0 Å². The van der Waals surface area contributed by atoms with Crippen molar-refractivity contribution in [2.45, 2.75) is 32.2 Å². The normalized spacial score (nSPS) is 12.8. The lowest BCUT2D eigenvalue weighted by Gasteiger charge is -2.24. The molecule has 1 aliphatic rings. The second-order valence-corrected chi connectivity index (χ2v) is 9.75. The maximum absolute atomic E-state index is 15.1. The number of halogens is 3. The van der Waals surface area contributed by atoms with Crippen LogP contribution in [0.1, 0.15) is 29.5 Å². The maximum atomic E-state index is 15.1. The average molecular weight is 565 g/mol. The Labute approximate surface area is 234 Å². The van der Waals surface area contributed by atoms with Crippen LogP contribution in [0.15, 0.2) is 42.7 Å². The number of nitrogens with one attached hydrogen (secondary N) is 1. The highest BCUT2D eigenvalue weighted by Crippen LogP contribution is 2.38. The molecule has 0 radical (unpaired) electrons. The lowest BCUT2D eigenvalue weighted by Crippen LogP contribution is -2.33. The van der Waals surface area contributed by atoms with Crippen LogP contribution in [0.2, 0.25) is 0 Å². The Morgan fingerprint density at radius 1 is 1.20 bits per heavy atom. The van der Waals surface area contributed by atoms with Gasteiger partial charge in [0.25, 0.3) is 0 Å². The van der Waals surface area contributed by atoms with E-state index in [1.807, 2.05) is 0 Å². The number of nitrogens with zero attached hydrogens (tertiary/aromatic N) is 5. The average Bonchev–Trinajstić information content (AvgIpc) is 3.75. The molecular formula is C29H27F3N6O3. The van der Waals surface area contributed by atoms with Gasteiger partial charge in [-0.1, -0.05) is 0 Å². The second-order valence-electron chi connectivity index (χ2n) is 9.75. The number of nitriles is 1. The van der Waals surface area contributed by atoms with Crippen LogP contribution in [0.25, 0.3) is 11.0 Å². The summed E-state index contributed by atoms with van der Waals surface area (Å²) in [5.74, 6) is 0.247. The van der Waals surface area contributed by atoms with Gasteiger partial charge in [0.2, 0.25) is 12.3 Å². The molecule has 0 saturated heterocycles. The number of anilines is 3. The fourth-order valence-electron chi connectivity index (χ4n) is 4.65. The number of aromatic nitrogens is 3. The molecule has 1 N–H and O–H groups in total. The monoisotopic (exact) mass is 564 g/mol. The van der Waals surface area contributed by atoms with E-state index in [2.05, 4.69) is 15.3 Å². The summed E-state index contributed by atoms with van der Waals surface area (Å²) in [5.41, 5.74) is 1.35. The topological polar surface area (TPSA) is 105 Å². The van der Waals surface area contributed by atoms with E-state index < -0.39 is 18.7 Å². The van der Waals surface area contributed by atoms with Crippen molar-refractivity contribution >= 4 is 34.3 Å². The van der Waals surface area contributed by atoms with Crippen LogP contribution in [0.5, 0.6) is 11.5 Å². The molecule has 41 heavy (non-hydrogen) atoms. The van der Waals surface area contributed by atoms with Gasteiger partial charge in [0.15, 0.2) is 5.82 Å². The molecule has 0 atom stereocenters. The van der Waals surface area contributed by atoms with E-state index in [1.54, 1.807) is 55.4 Å². The van der Waals surface area contributed by atoms with Crippen molar-refractivity contribution in [2.75, 3.05) is 24.4 Å². The van der Waals surface area contributed by atoms with Gasteiger partial charge in [0.05, 0.1) is 49.9 Å². The third-order valence-corrected chi connectivity index (χ3v) is 6.89. The zero-order valence-corrected chi connectivity index (χ0v) is 22.6. The smallest absolute Gasteiger partial charge is 0.242 e. The minimum Gasteiger partial charge on any atom is -0.497 e. The molecule has 1 fully saturated rings. The van der Waals surface area contributed by atoms with Crippen molar-refractivity contribution in [3.05, 3.63) is 65.2 Å². The molecule has 4 aromatic rings. The number of amides is 1. The molecule has 0 aliphatic heterocycles. The first-order valence-corrected chi connectivity index (χ1v) is 12.8. The fraction of sp³-hybridized carbons (Fsp3) is 0.310. The van der Waals surface area contributed by atoms with Gasteiger partial charge in [-0.25, -0.2) is 23.1 Å². The molecule has 5 rings (SSSR count). The largest absolute Gasteiger partial charge is 0.497 e. The van der Waals surface area contributed by atoms with E-state index in [0.29, 0.717) is 28.1 Å². The van der Waals surface area contributed by atoms with Crippen LogP contribution in [-0.2, 0) is 24.8 Å². The number of carbonyl (C=O) groups excluding carboxylic acids is 1. The van der Waals surface area contributed by atoms with Gasteiger partial charge >= 0.3 is 0 Å². The van der Waals surface area contributed by atoms with E-state index in [1.165, 1.54) is 18.1 Å². The second kappa shape index (κ2) is 11.4. The minimum atomic E-state index is -2.77. The first-order chi connectivity index (χ1) is 19.7. The molecule has 0 spiro atoms. The number of alkyl halides is 2. The van der Waals surface area contributed by atoms with Crippen LogP contribution < -0.4 is 19.7 Å². The van der Waals surface area contributed by atoms with Crippen LogP contribution in [0, 0.1) is 23.1 Å². The number of pyridine rings is 1. The first-order valence-electron chi connectivity index (χ1n) is 12.8. The summed E-state index contributed by atoms with van der Waals surface area (Å²) < 4.78 is 54.4. The van der Waals surface area contributed by atoms with Crippen molar-refractivity contribution in [3.8, 4) is 17.6 Å². The van der Waals surface area contributed by atoms with Crippen molar-refractivity contribution in [1.82, 2.24) is 14.5 Å². The summed E-state index contributed by atoms with van der Waals surface area (Å²) in [6.07, 6.45) is -0.479. The summed E-state index contributed by atoms with van der Waals surface area (Å²) in [6, 6.07) is 10.9. The zero-order chi connectivity index (χ0) is 29.3. The molecule has 2 aromatic carbocycles. The highest BCUT2D eigenvalue weighted by molar-refractivity contribution is 6.02. The number of benzene rings is 2. The Bertz CT molecular complexity index is 1660. The molecule has 12 heteroatoms. The maximum Gasteiger partial charge on any atom is 0.242 e. The standard InChI is InChI=1S/C29H27F3N6O3/c1-37-15-34-27-22(37)12-25(35-26-19(10-24(31)32)8-16(13-33)9-21(26)30)36-28(27)38(29(39)17-4-5-17)14-18-6-7-20(40-2)11-23(18)41-3/h6-9,11-12,15,17,24H,4-5,10,14H2,1-3H3,(H,35,36). The zero-order valence-electron chi connectivity index (χ0n) is 22.6. The van der Waals surface area contributed by atoms with Gasteiger partial charge in [0, 0.05) is 37.1 Å². The molecule has 1 aliphatic carbocycles. The number of hydrogen-bond acceptors (Lipinski definition) is 7. The van der Waals surface area contributed by atoms with Gasteiger partial charge in [-0.15, -0.1) is 0 Å². The van der Waals surface area contributed by atoms with Gasteiger partial charge in [0.1, 0.15) is 28.7 Å². The van der Waals surface area contributed by atoms with Crippen molar-refractivity contribution in [3.63, 3.8) is 0 Å². The Kier molecular flexibility index (Phi) is 7.70. The molecule has 212 valence electrons. The highest BCUT2D eigenvalue weighted by Gasteiger charge is 2.36. The Hall–Kier alpha value is -4.79. The van der Waals surface area contributed by atoms with E-state index in [9.17, 15) is 18.8 Å². The summed E-state index contributed by atoms with van der Waals surface area (Å²) in [4.78, 5) is 24.3. The number of methoxy groups -OCH3 is 2. The minimum absolute atomic E-state index is 0.0705.